The summed E-state index contributed by atoms with van der Waals surface area (Å²) in [6.07, 6.45) is 6.81. The van der Waals surface area contributed by atoms with E-state index in [-0.39, 0.29) is 16.9 Å². The van der Waals surface area contributed by atoms with E-state index in [0.29, 0.717) is 12.4 Å². The molecule has 236 valence electrons. The Kier molecular flexibility index (Phi) is 10.3. The Labute approximate surface area is 271 Å². The summed E-state index contributed by atoms with van der Waals surface area (Å²) >= 11 is 0. The summed E-state index contributed by atoms with van der Waals surface area (Å²) in [6, 6.07) is 29.7. The Bertz CT molecular complexity index is 1850. The Morgan fingerprint density at radius 1 is 0.957 bits per heavy atom. The van der Waals surface area contributed by atoms with Crippen molar-refractivity contribution >= 4 is 26.6 Å². The molecule has 46 heavy (non-hydrogen) atoms. The molecule has 2 atom stereocenters. The highest BCUT2D eigenvalue weighted by Gasteiger charge is 2.14. The highest BCUT2D eigenvalue weighted by Crippen LogP contribution is 2.26. The molecule has 8 heteroatoms. The van der Waals surface area contributed by atoms with Crippen molar-refractivity contribution in [2.75, 3.05) is 0 Å². The molecule has 4 aromatic carbocycles. The number of aromatic amines is 1. The largest absolute Gasteiger partial charge is 0.488 e. The van der Waals surface area contributed by atoms with Crippen LogP contribution in [-0.2, 0) is 24.9 Å². The van der Waals surface area contributed by atoms with Gasteiger partial charge >= 0.3 is 11.7 Å². The highest BCUT2D eigenvalue weighted by molar-refractivity contribution is 7.27. The van der Waals surface area contributed by atoms with Gasteiger partial charge < -0.3 is 9.84 Å². The molecule has 0 aliphatic rings. The minimum absolute atomic E-state index is 0.101. The van der Waals surface area contributed by atoms with Crippen LogP contribution in [0.1, 0.15) is 65.4 Å². The molecule has 1 heterocycles. The first-order valence-electron chi connectivity index (χ1n) is 15.3. The summed E-state index contributed by atoms with van der Waals surface area (Å²) < 4.78 is 10.9. The van der Waals surface area contributed by atoms with Crippen LogP contribution in [0.5, 0.6) is 5.75 Å². The lowest BCUT2D eigenvalue weighted by molar-refractivity contribution is 0.0697. The number of nitrogens with zero attached hydrogens (tertiary/aromatic N) is 1. The number of aromatic carboxylic acids is 1. The van der Waals surface area contributed by atoms with Gasteiger partial charge in [-0.3, -0.25) is 9.51 Å². The van der Waals surface area contributed by atoms with Gasteiger partial charge in [0.05, 0.1) is 5.56 Å². The van der Waals surface area contributed by atoms with Gasteiger partial charge in [-0.05, 0) is 82.4 Å². The minimum Gasteiger partial charge on any atom is -0.488 e. The van der Waals surface area contributed by atoms with Gasteiger partial charge in [-0.15, -0.1) is 9.24 Å². The van der Waals surface area contributed by atoms with E-state index in [1.54, 1.807) is 12.1 Å². The number of aromatic nitrogens is 2. The topological polar surface area (TPSA) is 105 Å². The molecule has 0 aliphatic carbocycles. The number of H-pyrrole nitrogens is 1. The zero-order chi connectivity index (χ0) is 32.7. The fraction of sp³-hybridized carbons (Fsp3) is 0.237. The molecule has 0 saturated heterocycles. The summed E-state index contributed by atoms with van der Waals surface area (Å²) in [4.78, 5) is 25.3. The van der Waals surface area contributed by atoms with Crippen molar-refractivity contribution in [3.63, 3.8) is 0 Å². The molecule has 0 amide bonds. The van der Waals surface area contributed by atoms with Crippen molar-refractivity contribution in [3.8, 4) is 17.1 Å². The van der Waals surface area contributed by atoms with Crippen LogP contribution in [-0.4, -0.2) is 21.2 Å². The van der Waals surface area contributed by atoms with Crippen molar-refractivity contribution < 1.29 is 19.2 Å². The summed E-state index contributed by atoms with van der Waals surface area (Å²) in [5, 5.41) is 14.2. The number of carboxylic acids is 1. The van der Waals surface area contributed by atoms with Crippen molar-refractivity contribution in [3.05, 3.63) is 141 Å². The van der Waals surface area contributed by atoms with Crippen molar-refractivity contribution in [2.24, 2.45) is 5.92 Å². The summed E-state index contributed by atoms with van der Waals surface area (Å²) in [5.41, 5.74) is 6.78. The van der Waals surface area contributed by atoms with Gasteiger partial charge in [-0.1, -0.05) is 105 Å². The Hall–Kier alpha value is -4.74. The fourth-order valence-electron chi connectivity index (χ4n) is 5.22. The number of benzene rings is 4. The van der Waals surface area contributed by atoms with Crippen LogP contribution in [0.4, 0.5) is 0 Å². The molecule has 0 spiro atoms. The highest BCUT2D eigenvalue weighted by atomic mass is 31.0. The zero-order valence-electron chi connectivity index (χ0n) is 26.3. The second-order valence-corrected chi connectivity index (χ2v) is 13.2. The molecular weight excluding hydrogens is 595 g/mol. The number of allylic oxidation sites excluding steroid dienone is 1. The van der Waals surface area contributed by atoms with E-state index in [9.17, 15) is 14.7 Å². The summed E-state index contributed by atoms with van der Waals surface area (Å²) in [7, 11) is 2.76. The molecule has 0 saturated carbocycles. The van der Waals surface area contributed by atoms with Crippen molar-refractivity contribution in [2.45, 2.75) is 52.1 Å². The van der Waals surface area contributed by atoms with Crippen LogP contribution >= 0.6 is 9.24 Å². The molecule has 5 rings (SSSR count). The number of ether oxygens (including phenoxy) is 1. The third-order valence-electron chi connectivity index (χ3n) is 7.97. The zero-order valence-corrected chi connectivity index (χ0v) is 27.5. The standard InChI is InChI=1S/C38H39N2O5P/c1-38(2,3)32-18-11-28(12-19-32)24-44-34-21-20-33(46)23-31(34)17-10-26(22-27-8-15-30(16-9-27)36(41)42)5-4-25-6-13-29(14-7-25)35-39-37(43)45-40-35/h6-21,23,26H,4-5,22,24,46H2,1-3H3,(H,41,42)(H,39,40,43)/b17-10+. The van der Waals surface area contributed by atoms with E-state index in [2.05, 4.69) is 87.2 Å². The van der Waals surface area contributed by atoms with Crippen LogP contribution in [0.2, 0.25) is 0 Å². The third-order valence-corrected chi connectivity index (χ3v) is 8.33. The number of aryl methyl sites for hydroxylation is 1. The van der Waals surface area contributed by atoms with Crippen molar-refractivity contribution in [1.29, 1.82) is 0 Å². The number of carboxylic acid groups (broad SMARTS) is 1. The van der Waals surface area contributed by atoms with E-state index in [0.717, 1.165) is 58.1 Å². The van der Waals surface area contributed by atoms with Gasteiger partial charge in [-0.2, -0.15) is 0 Å². The Morgan fingerprint density at radius 2 is 1.63 bits per heavy atom. The van der Waals surface area contributed by atoms with Crippen molar-refractivity contribution in [1.82, 2.24) is 10.1 Å². The second-order valence-electron chi connectivity index (χ2n) is 12.5. The molecular formula is C38H39N2O5P. The quantitative estimate of drug-likeness (QED) is 0.137. The monoisotopic (exact) mass is 634 g/mol. The van der Waals surface area contributed by atoms with E-state index < -0.39 is 11.7 Å². The van der Waals surface area contributed by atoms with Crippen LogP contribution in [0, 0.1) is 5.92 Å². The maximum Gasteiger partial charge on any atom is 0.439 e. The fourth-order valence-corrected chi connectivity index (χ4v) is 5.49. The molecule has 0 radical (unpaired) electrons. The molecule has 5 aromatic rings. The lowest BCUT2D eigenvalue weighted by Gasteiger charge is -2.19. The molecule has 2 unspecified atom stereocenters. The first-order chi connectivity index (χ1) is 22.0. The Balaban J connectivity index is 1.32. The molecule has 0 bridgehead atoms. The number of nitrogens with one attached hydrogen (secondary N) is 1. The van der Waals surface area contributed by atoms with Crippen LogP contribution < -0.4 is 15.8 Å². The molecule has 1 aromatic heterocycles. The van der Waals surface area contributed by atoms with Crippen LogP contribution in [0.3, 0.4) is 0 Å². The average Bonchev–Trinajstić information content (AvgIpc) is 3.48. The van der Waals surface area contributed by atoms with Gasteiger partial charge in [-0.25, -0.2) is 9.59 Å². The number of hydrogen-bond acceptors (Lipinski definition) is 5. The minimum atomic E-state index is -0.934. The first kappa shape index (κ1) is 32.6. The molecule has 0 aliphatic heterocycles. The van der Waals surface area contributed by atoms with Gasteiger partial charge in [0.2, 0.25) is 0 Å². The maximum absolute atomic E-state index is 11.4. The average molecular weight is 635 g/mol. The van der Waals surface area contributed by atoms with Gasteiger partial charge in [0, 0.05) is 11.1 Å². The van der Waals surface area contributed by atoms with Crippen LogP contribution in [0.25, 0.3) is 17.5 Å². The molecule has 0 fully saturated rings. The second kappa shape index (κ2) is 14.6. The smallest absolute Gasteiger partial charge is 0.439 e. The van der Waals surface area contributed by atoms with E-state index in [4.69, 9.17) is 4.74 Å². The van der Waals surface area contributed by atoms with Crippen LogP contribution in [0.15, 0.2) is 106 Å². The number of hydrogen-bond donors (Lipinski definition) is 2. The molecule has 7 nitrogen and oxygen atoms in total. The summed E-state index contributed by atoms with van der Waals surface area (Å²) in [6.45, 7) is 7.10. The summed E-state index contributed by atoms with van der Waals surface area (Å²) in [5.74, 6) is -0.128. The third kappa shape index (κ3) is 8.92. The Morgan fingerprint density at radius 3 is 2.26 bits per heavy atom. The first-order valence-corrected chi connectivity index (χ1v) is 15.9. The van der Waals surface area contributed by atoms with Gasteiger partial charge in [0.15, 0.2) is 5.82 Å². The number of carbonyl (C=O) groups is 1. The lowest BCUT2D eigenvalue weighted by atomic mass is 9.87. The predicted octanol–water partition coefficient (Wildman–Crippen LogP) is 7.61. The number of rotatable bonds is 12. The van der Waals surface area contributed by atoms with Gasteiger partial charge in [0.25, 0.3) is 0 Å². The lowest BCUT2D eigenvalue weighted by Crippen LogP contribution is -2.10. The SMILES string of the molecule is CC(C)(C)c1ccc(COc2ccc(P)cc2/C=C/C(CCc2ccc(-c3noc(=O)[nH]3)cc2)Cc2ccc(C(=O)O)cc2)cc1. The van der Waals surface area contributed by atoms with Gasteiger partial charge in [0.1, 0.15) is 12.4 Å². The predicted molar refractivity (Wildman–Crippen MR) is 186 cm³/mol. The molecule has 2 N–H and O–H groups in total. The normalized spacial score (nSPS) is 12.3. The van der Waals surface area contributed by atoms with E-state index in [1.807, 2.05) is 48.5 Å². The maximum atomic E-state index is 11.4. The van der Waals surface area contributed by atoms with E-state index in [1.165, 1.54) is 5.56 Å². The van der Waals surface area contributed by atoms with E-state index >= 15 is 0 Å².